The molecule has 0 aliphatic carbocycles. The predicted octanol–water partition coefficient (Wildman–Crippen LogP) is 1.12. The number of aryl methyl sites for hydroxylation is 1. The third-order valence-electron chi connectivity index (χ3n) is 3.97. The first-order valence-corrected chi connectivity index (χ1v) is 8.12. The Bertz CT molecular complexity index is 463. The summed E-state index contributed by atoms with van der Waals surface area (Å²) in [6.45, 7) is 6.50. The molecule has 1 fully saturated rings. The number of nitrogens with one attached hydrogen (secondary N) is 2. The topological polar surface area (TPSA) is 82.4 Å². The Morgan fingerprint density at radius 3 is 3.14 bits per heavy atom. The van der Waals surface area contributed by atoms with Crippen LogP contribution in [0.15, 0.2) is 12.3 Å². The van der Waals surface area contributed by atoms with E-state index in [0.717, 1.165) is 51.3 Å². The molecule has 1 saturated heterocycles. The number of anilines is 1. The van der Waals surface area contributed by atoms with Crippen molar-refractivity contribution in [3.05, 3.63) is 12.3 Å². The third-order valence-corrected chi connectivity index (χ3v) is 3.97. The van der Waals surface area contributed by atoms with Gasteiger partial charge in [-0.25, -0.2) is 9.48 Å². The molecule has 1 aromatic heterocycles. The fourth-order valence-electron chi connectivity index (χ4n) is 2.82. The molecule has 1 atom stereocenters. The van der Waals surface area contributed by atoms with E-state index in [1.54, 1.807) is 16.9 Å². The maximum absolute atomic E-state index is 11.9. The fraction of sp³-hybridized carbons (Fsp3) is 0.733. The minimum atomic E-state index is -0.200. The zero-order chi connectivity index (χ0) is 15.8. The van der Waals surface area contributed by atoms with Crippen molar-refractivity contribution in [3.8, 4) is 0 Å². The van der Waals surface area contributed by atoms with Gasteiger partial charge in [-0.15, -0.1) is 0 Å². The molecule has 0 aromatic carbocycles. The van der Waals surface area contributed by atoms with E-state index in [1.807, 2.05) is 0 Å². The Morgan fingerprint density at radius 2 is 2.36 bits per heavy atom. The second-order valence-electron chi connectivity index (χ2n) is 5.81. The van der Waals surface area contributed by atoms with Crippen LogP contribution >= 0.6 is 0 Å². The highest BCUT2D eigenvalue weighted by Crippen LogP contribution is 2.14. The fourth-order valence-corrected chi connectivity index (χ4v) is 2.82. The first kappa shape index (κ1) is 16.8. The molecule has 1 aliphatic heterocycles. The van der Waals surface area contributed by atoms with Crippen molar-refractivity contribution in [2.75, 3.05) is 38.1 Å². The normalized spacial score (nSPS) is 19.1. The molecule has 1 aromatic rings. The van der Waals surface area contributed by atoms with E-state index in [0.29, 0.717) is 12.5 Å². The zero-order valence-corrected chi connectivity index (χ0v) is 13.3. The first-order chi connectivity index (χ1) is 10.7. The Hall–Kier alpha value is -1.60. The van der Waals surface area contributed by atoms with Crippen LogP contribution in [0.1, 0.15) is 26.2 Å². The van der Waals surface area contributed by atoms with Gasteiger partial charge in [0.05, 0.1) is 6.20 Å². The van der Waals surface area contributed by atoms with Crippen molar-refractivity contribution in [3.63, 3.8) is 0 Å². The van der Waals surface area contributed by atoms with Crippen LogP contribution in [0.3, 0.4) is 0 Å². The number of aliphatic hydroxyl groups excluding tert-OH is 1. The minimum Gasteiger partial charge on any atom is -0.396 e. The number of carbonyl (C=O) groups excluding carboxylic acids is 1. The highest BCUT2D eigenvalue weighted by molar-refractivity contribution is 5.88. The number of amides is 2. The quantitative estimate of drug-likeness (QED) is 0.705. The molecule has 1 aliphatic rings. The van der Waals surface area contributed by atoms with E-state index >= 15 is 0 Å². The molecule has 2 rings (SSSR count). The Kier molecular flexibility index (Phi) is 6.67. The van der Waals surface area contributed by atoms with E-state index < -0.39 is 0 Å². The van der Waals surface area contributed by atoms with Gasteiger partial charge in [-0.05, 0) is 31.7 Å². The Morgan fingerprint density at radius 1 is 1.50 bits per heavy atom. The minimum absolute atomic E-state index is 0.200. The third kappa shape index (κ3) is 4.99. The molecular weight excluding hydrogens is 282 g/mol. The van der Waals surface area contributed by atoms with Crippen molar-refractivity contribution in [2.24, 2.45) is 5.92 Å². The monoisotopic (exact) mass is 309 g/mol. The molecule has 2 heterocycles. The van der Waals surface area contributed by atoms with Crippen molar-refractivity contribution in [1.82, 2.24) is 20.0 Å². The number of rotatable bonds is 7. The molecule has 3 N–H and O–H groups in total. The largest absolute Gasteiger partial charge is 0.396 e. The molecule has 2 amide bonds. The van der Waals surface area contributed by atoms with Crippen LogP contribution in [0.5, 0.6) is 0 Å². The summed E-state index contributed by atoms with van der Waals surface area (Å²) < 4.78 is 1.79. The van der Waals surface area contributed by atoms with Crippen LogP contribution in [0, 0.1) is 5.92 Å². The van der Waals surface area contributed by atoms with Gasteiger partial charge >= 0.3 is 6.03 Å². The smallest absolute Gasteiger partial charge is 0.320 e. The van der Waals surface area contributed by atoms with Gasteiger partial charge in [-0.1, -0.05) is 6.92 Å². The molecule has 0 spiro atoms. The standard InChI is InChI=1S/C15H27N5O2/c1-2-8-20-14(5-6-17-20)18-15(22)16-7-10-19-9-3-4-13(11-19)12-21/h5-6,13,21H,2-4,7-12H2,1H3,(H2,16,18,22). The summed E-state index contributed by atoms with van der Waals surface area (Å²) >= 11 is 0. The average molecular weight is 309 g/mol. The lowest BCUT2D eigenvalue weighted by Crippen LogP contribution is -2.42. The SMILES string of the molecule is CCCn1nccc1NC(=O)NCCN1CCCC(CO)C1. The molecular formula is C15H27N5O2. The predicted molar refractivity (Wildman–Crippen MR) is 85.8 cm³/mol. The van der Waals surface area contributed by atoms with E-state index in [2.05, 4.69) is 27.6 Å². The Balaban J connectivity index is 1.68. The van der Waals surface area contributed by atoms with E-state index in [9.17, 15) is 9.90 Å². The van der Waals surface area contributed by atoms with Crippen LogP contribution in [-0.4, -0.2) is 58.6 Å². The second-order valence-corrected chi connectivity index (χ2v) is 5.81. The van der Waals surface area contributed by atoms with Crippen LogP contribution in [0.25, 0.3) is 0 Å². The number of likely N-dealkylation sites (tertiary alicyclic amines) is 1. The summed E-state index contributed by atoms with van der Waals surface area (Å²) in [4.78, 5) is 14.2. The van der Waals surface area contributed by atoms with Crippen LogP contribution in [-0.2, 0) is 6.54 Å². The van der Waals surface area contributed by atoms with Gasteiger partial charge < -0.3 is 15.3 Å². The number of nitrogens with zero attached hydrogens (tertiary/aromatic N) is 3. The molecule has 0 radical (unpaired) electrons. The molecule has 22 heavy (non-hydrogen) atoms. The number of aliphatic hydroxyl groups is 1. The summed E-state index contributed by atoms with van der Waals surface area (Å²) in [5, 5.41) is 19.1. The molecule has 0 bridgehead atoms. The maximum atomic E-state index is 11.9. The van der Waals surface area contributed by atoms with Crippen molar-refractivity contribution in [2.45, 2.75) is 32.7 Å². The van der Waals surface area contributed by atoms with Crippen molar-refractivity contribution < 1.29 is 9.90 Å². The maximum Gasteiger partial charge on any atom is 0.320 e. The van der Waals surface area contributed by atoms with Gasteiger partial charge in [0.15, 0.2) is 0 Å². The van der Waals surface area contributed by atoms with Crippen LogP contribution in [0.4, 0.5) is 10.6 Å². The molecule has 7 heteroatoms. The zero-order valence-electron chi connectivity index (χ0n) is 13.3. The number of hydrogen-bond acceptors (Lipinski definition) is 4. The second kappa shape index (κ2) is 8.75. The summed E-state index contributed by atoms with van der Waals surface area (Å²) in [6, 6.07) is 1.60. The first-order valence-electron chi connectivity index (χ1n) is 8.12. The molecule has 7 nitrogen and oxygen atoms in total. The lowest BCUT2D eigenvalue weighted by Gasteiger charge is -2.31. The van der Waals surface area contributed by atoms with Gasteiger partial charge in [0.2, 0.25) is 0 Å². The van der Waals surface area contributed by atoms with Crippen molar-refractivity contribution in [1.29, 1.82) is 0 Å². The number of urea groups is 1. The highest BCUT2D eigenvalue weighted by atomic mass is 16.3. The number of hydrogen-bond donors (Lipinski definition) is 3. The number of carbonyl (C=O) groups is 1. The van der Waals surface area contributed by atoms with Gasteiger partial charge in [-0.2, -0.15) is 5.10 Å². The molecule has 0 saturated carbocycles. The lowest BCUT2D eigenvalue weighted by atomic mass is 9.99. The van der Waals surface area contributed by atoms with Gasteiger partial charge in [0.1, 0.15) is 5.82 Å². The summed E-state index contributed by atoms with van der Waals surface area (Å²) in [6.07, 6.45) is 4.88. The molecule has 124 valence electrons. The van der Waals surface area contributed by atoms with E-state index in [1.165, 1.54) is 0 Å². The van der Waals surface area contributed by atoms with Crippen LogP contribution in [0.2, 0.25) is 0 Å². The van der Waals surface area contributed by atoms with E-state index in [-0.39, 0.29) is 12.6 Å². The summed E-state index contributed by atoms with van der Waals surface area (Å²) in [7, 11) is 0. The highest BCUT2D eigenvalue weighted by Gasteiger charge is 2.18. The summed E-state index contributed by atoms with van der Waals surface area (Å²) in [5.74, 6) is 1.10. The average Bonchev–Trinajstić information content (AvgIpc) is 2.95. The van der Waals surface area contributed by atoms with Gasteiger partial charge in [0.25, 0.3) is 0 Å². The summed E-state index contributed by atoms with van der Waals surface area (Å²) in [5.41, 5.74) is 0. The van der Waals surface area contributed by atoms with Gasteiger partial charge in [-0.3, -0.25) is 5.32 Å². The lowest BCUT2D eigenvalue weighted by molar-refractivity contribution is 0.121. The Labute approximate surface area is 131 Å². The van der Waals surface area contributed by atoms with E-state index in [4.69, 9.17) is 0 Å². The van der Waals surface area contributed by atoms with Crippen molar-refractivity contribution >= 4 is 11.8 Å². The van der Waals surface area contributed by atoms with Gasteiger partial charge in [0, 0.05) is 38.9 Å². The molecule has 1 unspecified atom stereocenters. The number of aromatic nitrogens is 2. The van der Waals surface area contributed by atoms with Crippen LogP contribution < -0.4 is 10.6 Å². The number of piperidine rings is 1.